The number of ether oxygens (including phenoxy) is 1. The van der Waals surface area contributed by atoms with E-state index in [1.165, 1.54) is 0 Å². The molecule has 1 N–H and O–H groups in total. The molecule has 1 saturated heterocycles. The normalized spacial score (nSPS) is 17.5. The Morgan fingerprint density at radius 3 is 2.53 bits per heavy atom. The second-order valence-corrected chi connectivity index (χ2v) is 4.64. The highest BCUT2D eigenvalue weighted by atomic mass is 19.4. The second kappa shape index (κ2) is 5.77. The van der Waals surface area contributed by atoms with Gasteiger partial charge in [-0.25, -0.2) is 4.39 Å². The molecule has 0 amide bonds. The van der Waals surface area contributed by atoms with Crippen LogP contribution in [0.5, 0.6) is 5.75 Å². The molecule has 0 aliphatic carbocycles. The Balaban J connectivity index is 2.06. The van der Waals surface area contributed by atoms with Crippen molar-refractivity contribution in [3.63, 3.8) is 0 Å². The lowest BCUT2D eigenvalue weighted by molar-refractivity contribution is -0.139. The number of alkyl halides is 3. The van der Waals surface area contributed by atoms with E-state index in [1.807, 2.05) is 0 Å². The van der Waals surface area contributed by atoms with E-state index in [-0.39, 0.29) is 18.3 Å². The fourth-order valence-corrected chi connectivity index (χ4v) is 2.11. The highest BCUT2D eigenvalue weighted by Gasteiger charge is 2.35. The van der Waals surface area contributed by atoms with Crippen LogP contribution in [0.25, 0.3) is 0 Å². The van der Waals surface area contributed by atoms with E-state index in [9.17, 15) is 17.6 Å². The van der Waals surface area contributed by atoms with Crippen LogP contribution in [0.2, 0.25) is 0 Å². The molecule has 0 radical (unpaired) electrons. The van der Waals surface area contributed by atoms with Gasteiger partial charge in [0.15, 0.2) is 0 Å². The van der Waals surface area contributed by atoms with Crippen molar-refractivity contribution in [1.82, 2.24) is 5.32 Å². The quantitative estimate of drug-likeness (QED) is 0.856. The molecule has 1 aromatic rings. The molecular formula is C13H15F4NO. The van der Waals surface area contributed by atoms with E-state index in [1.54, 1.807) is 0 Å². The van der Waals surface area contributed by atoms with Crippen LogP contribution in [0.4, 0.5) is 17.6 Å². The van der Waals surface area contributed by atoms with Gasteiger partial charge in [0.05, 0.1) is 6.61 Å². The van der Waals surface area contributed by atoms with Crippen LogP contribution in [0.15, 0.2) is 18.2 Å². The van der Waals surface area contributed by atoms with E-state index in [4.69, 9.17) is 4.74 Å². The van der Waals surface area contributed by atoms with Crippen LogP contribution in [0, 0.1) is 11.7 Å². The maximum atomic E-state index is 12.9. The first kappa shape index (κ1) is 14.1. The third kappa shape index (κ3) is 3.83. The van der Waals surface area contributed by atoms with Crippen LogP contribution in [0.3, 0.4) is 0 Å². The summed E-state index contributed by atoms with van der Waals surface area (Å²) in [5.74, 6) is -0.971. The van der Waals surface area contributed by atoms with Gasteiger partial charge in [-0.2, -0.15) is 13.2 Å². The minimum absolute atomic E-state index is 0.233. The third-order valence-electron chi connectivity index (χ3n) is 3.18. The lowest BCUT2D eigenvalue weighted by atomic mass is 9.99. The Morgan fingerprint density at radius 2 is 1.89 bits per heavy atom. The zero-order valence-electron chi connectivity index (χ0n) is 10.3. The number of halogens is 4. The van der Waals surface area contributed by atoms with Crippen LogP contribution < -0.4 is 10.1 Å². The second-order valence-electron chi connectivity index (χ2n) is 4.64. The molecule has 1 aliphatic heterocycles. The summed E-state index contributed by atoms with van der Waals surface area (Å²) in [5.41, 5.74) is -1.05. The maximum Gasteiger partial charge on any atom is 0.420 e. The van der Waals surface area contributed by atoms with Gasteiger partial charge in [0, 0.05) is 0 Å². The predicted octanol–water partition coefficient (Wildman–Crippen LogP) is 3.22. The molecule has 19 heavy (non-hydrogen) atoms. The van der Waals surface area contributed by atoms with Gasteiger partial charge in [0.2, 0.25) is 0 Å². The minimum atomic E-state index is -4.61. The lowest BCUT2D eigenvalue weighted by Crippen LogP contribution is -2.30. The fourth-order valence-electron chi connectivity index (χ4n) is 2.11. The molecule has 1 heterocycles. The van der Waals surface area contributed by atoms with Crippen molar-refractivity contribution in [2.75, 3.05) is 19.7 Å². The first-order valence-electron chi connectivity index (χ1n) is 6.17. The van der Waals surface area contributed by atoms with Crippen molar-refractivity contribution in [3.8, 4) is 5.75 Å². The van der Waals surface area contributed by atoms with Gasteiger partial charge >= 0.3 is 6.18 Å². The van der Waals surface area contributed by atoms with E-state index < -0.39 is 17.6 Å². The summed E-state index contributed by atoms with van der Waals surface area (Å²) in [6.45, 7) is 1.93. The van der Waals surface area contributed by atoms with Crippen molar-refractivity contribution in [3.05, 3.63) is 29.6 Å². The molecule has 2 nitrogen and oxygen atoms in total. The lowest BCUT2D eigenvalue weighted by Gasteiger charge is -2.23. The standard InChI is InChI=1S/C13H15F4NO/c14-10-1-2-12(11(7-10)13(15,16)17)19-8-9-3-5-18-6-4-9/h1-2,7,9,18H,3-6,8H2. The Kier molecular flexibility index (Phi) is 4.29. The van der Waals surface area contributed by atoms with Gasteiger partial charge < -0.3 is 10.1 Å². The molecule has 2 rings (SSSR count). The molecule has 0 atom stereocenters. The SMILES string of the molecule is Fc1ccc(OCC2CCNCC2)c(C(F)(F)F)c1. The Bertz CT molecular complexity index is 427. The summed E-state index contributed by atoms with van der Waals surface area (Å²) in [6.07, 6.45) is -2.85. The first-order valence-corrected chi connectivity index (χ1v) is 6.17. The van der Waals surface area contributed by atoms with Crippen LogP contribution in [-0.2, 0) is 6.18 Å². The zero-order valence-corrected chi connectivity index (χ0v) is 10.3. The van der Waals surface area contributed by atoms with E-state index in [2.05, 4.69) is 5.32 Å². The van der Waals surface area contributed by atoms with Gasteiger partial charge in [-0.3, -0.25) is 0 Å². The average molecular weight is 277 g/mol. The number of benzene rings is 1. The summed E-state index contributed by atoms with van der Waals surface area (Å²) in [4.78, 5) is 0. The monoisotopic (exact) mass is 277 g/mol. The highest BCUT2D eigenvalue weighted by molar-refractivity contribution is 5.36. The van der Waals surface area contributed by atoms with Gasteiger partial charge in [-0.05, 0) is 50.0 Å². The molecule has 1 fully saturated rings. The molecule has 0 saturated carbocycles. The number of hydrogen-bond donors (Lipinski definition) is 1. The number of piperidine rings is 1. The number of nitrogens with one attached hydrogen (secondary N) is 1. The van der Waals surface area contributed by atoms with E-state index >= 15 is 0 Å². The topological polar surface area (TPSA) is 21.3 Å². The average Bonchev–Trinajstić information content (AvgIpc) is 2.37. The highest BCUT2D eigenvalue weighted by Crippen LogP contribution is 2.36. The van der Waals surface area contributed by atoms with Crippen molar-refractivity contribution in [1.29, 1.82) is 0 Å². The van der Waals surface area contributed by atoms with Crippen LogP contribution in [0.1, 0.15) is 18.4 Å². The van der Waals surface area contributed by atoms with Gasteiger partial charge in [0.1, 0.15) is 17.1 Å². The molecule has 0 aromatic heterocycles. The van der Waals surface area contributed by atoms with Crippen molar-refractivity contribution >= 4 is 0 Å². The maximum absolute atomic E-state index is 12.9. The summed E-state index contributed by atoms with van der Waals surface area (Å²) in [6, 6.07) is 2.49. The Labute approximate surface area is 108 Å². The molecule has 0 unspecified atom stereocenters. The van der Waals surface area contributed by atoms with E-state index in [0.717, 1.165) is 38.1 Å². The molecule has 1 aliphatic rings. The van der Waals surface area contributed by atoms with Gasteiger partial charge in [0.25, 0.3) is 0 Å². The van der Waals surface area contributed by atoms with Gasteiger partial charge in [-0.15, -0.1) is 0 Å². The van der Waals surface area contributed by atoms with Crippen LogP contribution >= 0.6 is 0 Å². The first-order chi connectivity index (χ1) is 8.97. The Hall–Kier alpha value is -1.30. The number of hydrogen-bond acceptors (Lipinski definition) is 2. The minimum Gasteiger partial charge on any atom is -0.493 e. The molecule has 0 bridgehead atoms. The molecular weight excluding hydrogens is 262 g/mol. The third-order valence-corrected chi connectivity index (χ3v) is 3.18. The largest absolute Gasteiger partial charge is 0.493 e. The van der Waals surface area contributed by atoms with Gasteiger partial charge in [-0.1, -0.05) is 0 Å². The molecule has 0 spiro atoms. The summed E-state index contributed by atoms with van der Waals surface area (Å²) < 4.78 is 56.4. The Morgan fingerprint density at radius 1 is 1.21 bits per heavy atom. The molecule has 106 valence electrons. The zero-order chi connectivity index (χ0) is 13.9. The van der Waals surface area contributed by atoms with Crippen molar-refractivity contribution in [2.24, 2.45) is 5.92 Å². The van der Waals surface area contributed by atoms with Crippen LogP contribution in [-0.4, -0.2) is 19.7 Å². The fraction of sp³-hybridized carbons (Fsp3) is 0.538. The smallest absolute Gasteiger partial charge is 0.420 e. The molecule has 6 heteroatoms. The van der Waals surface area contributed by atoms with E-state index in [0.29, 0.717) is 6.07 Å². The molecule has 1 aromatic carbocycles. The summed E-state index contributed by atoms with van der Waals surface area (Å²) in [5, 5.41) is 3.17. The summed E-state index contributed by atoms with van der Waals surface area (Å²) in [7, 11) is 0. The number of rotatable bonds is 3. The van der Waals surface area contributed by atoms with Crippen molar-refractivity contribution in [2.45, 2.75) is 19.0 Å². The van der Waals surface area contributed by atoms with Crippen molar-refractivity contribution < 1.29 is 22.3 Å². The predicted molar refractivity (Wildman–Crippen MR) is 62.5 cm³/mol. The summed E-state index contributed by atoms with van der Waals surface area (Å²) >= 11 is 0.